The smallest absolute Gasteiger partial charge is 0.0847 e. The highest BCUT2D eigenvalue weighted by atomic mass is 79.9. The zero-order valence-electron chi connectivity index (χ0n) is 11.5. The van der Waals surface area contributed by atoms with Crippen LogP contribution < -0.4 is 0 Å². The van der Waals surface area contributed by atoms with Crippen molar-refractivity contribution in [3.05, 3.63) is 51.3 Å². The van der Waals surface area contributed by atoms with E-state index < -0.39 is 0 Å². The van der Waals surface area contributed by atoms with E-state index in [1.807, 2.05) is 30.8 Å². The van der Waals surface area contributed by atoms with Crippen LogP contribution in [0.5, 0.6) is 0 Å². The van der Waals surface area contributed by atoms with E-state index in [0.29, 0.717) is 5.92 Å². The number of aromatic nitrogens is 2. The second kappa shape index (κ2) is 6.97. The molecule has 0 bridgehead atoms. The lowest BCUT2D eigenvalue weighted by molar-refractivity contribution is 0.557. The fourth-order valence-corrected chi connectivity index (χ4v) is 3.13. The van der Waals surface area contributed by atoms with Crippen LogP contribution in [-0.4, -0.2) is 15.1 Å². The van der Waals surface area contributed by atoms with E-state index in [1.165, 1.54) is 5.56 Å². The molecule has 1 aromatic heterocycles. The predicted molar refractivity (Wildman–Crippen MR) is 89.1 cm³/mol. The van der Waals surface area contributed by atoms with E-state index in [9.17, 15) is 0 Å². The minimum absolute atomic E-state index is 0.475. The van der Waals surface area contributed by atoms with E-state index in [0.717, 1.165) is 39.6 Å². The topological polar surface area (TPSA) is 17.8 Å². The van der Waals surface area contributed by atoms with Crippen LogP contribution >= 0.6 is 39.1 Å². The van der Waals surface area contributed by atoms with Gasteiger partial charge in [0.1, 0.15) is 0 Å². The van der Waals surface area contributed by atoms with Crippen molar-refractivity contribution in [3.63, 3.8) is 0 Å². The molecule has 0 saturated heterocycles. The number of aryl methyl sites for hydroxylation is 2. The molecule has 0 aliphatic rings. The van der Waals surface area contributed by atoms with Crippen molar-refractivity contribution in [1.29, 1.82) is 0 Å². The number of rotatable bonds is 5. The van der Waals surface area contributed by atoms with E-state index in [2.05, 4.69) is 33.2 Å². The standard InChI is InChI=1S/C15H17BrCl2N2/c1-10-15(18)14(20(2)19-10)8-12(9-16)7-11-3-5-13(17)6-4-11/h3-6,12H,7-9H2,1-2H3. The molecular formula is C15H17BrCl2N2. The van der Waals surface area contributed by atoms with Gasteiger partial charge < -0.3 is 0 Å². The molecule has 0 aliphatic carbocycles. The highest BCUT2D eigenvalue weighted by molar-refractivity contribution is 9.09. The van der Waals surface area contributed by atoms with Gasteiger partial charge in [-0.15, -0.1) is 0 Å². The van der Waals surface area contributed by atoms with E-state index >= 15 is 0 Å². The Kier molecular flexibility index (Phi) is 5.53. The minimum atomic E-state index is 0.475. The molecule has 0 fully saturated rings. The SMILES string of the molecule is Cc1nn(C)c(CC(CBr)Cc2ccc(Cl)cc2)c1Cl. The summed E-state index contributed by atoms with van der Waals surface area (Å²) in [6.07, 6.45) is 1.90. The van der Waals surface area contributed by atoms with Crippen molar-refractivity contribution in [2.24, 2.45) is 13.0 Å². The van der Waals surface area contributed by atoms with Crippen LogP contribution in [0.4, 0.5) is 0 Å². The van der Waals surface area contributed by atoms with E-state index in [1.54, 1.807) is 0 Å². The summed E-state index contributed by atoms with van der Waals surface area (Å²) in [5.41, 5.74) is 3.28. The van der Waals surface area contributed by atoms with Gasteiger partial charge in [-0.05, 0) is 43.4 Å². The van der Waals surface area contributed by atoms with Gasteiger partial charge in [-0.1, -0.05) is 51.3 Å². The number of hydrogen-bond acceptors (Lipinski definition) is 1. The Morgan fingerprint density at radius 1 is 1.20 bits per heavy atom. The zero-order valence-corrected chi connectivity index (χ0v) is 14.6. The second-order valence-corrected chi connectivity index (χ2v) is 6.49. The molecule has 20 heavy (non-hydrogen) atoms. The van der Waals surface area contributed by atoms with Crippen molar-refractivity contribution in [2.75, 3.05) is 5.33 Å². The third kappa shape index (κ3) is 3.78. The van der Waals surface area contributed by atoms with Crippen molar-refractivity contribution in [1.82, 2.24) is 9.78 Å². The fraction of sp³-hybridized carbons (Fsp3) is 0.400. The van der Waals surface area contributed by atoms with Gasteiger partial charge in [0, 0.05) is 17.4 Å². The molecule has 0 amide bonds. The van der Waals surface area contributed by atoms with Gasteiger partial charge in [-0.3, -0.25) is 4.68 Å². The second-order valence-electron chi connectivity index (χ2n) is 5.02. The Labute approximate surface area is 138 Å². The maximum atomic E-state index is 6.32. The number of hydrogen-bond donors (Lipinski definition) is 0. The minimum Gasteiger partial charge on any atom is -0.271 e. The van der Waals surface area contributed by atoms with Gasteiger partial charge in [0.15, 0.2) is 0 Å². The van der Waals surface area contributed by atoms with Gasteiger partial charge >= 0.3 is 0 Å². The summed E-state index contributed by atoms with van der Waals surface area (Å²) in [6, 6.07) is 8.02. The zero-order chi connectivity index (χ0) is 14.7. The molecular weight excluding hydrogens is 359 g/mol. The normalized spacial score (nSPS) is 12.7. The molecule has 2 rings (SSSR count). The molecule has 0 N–H and O–H groups in total. The third-order valence-corrected chi connectivity index (χ3v) is 5.06. The average molecular weight is 376 g/mol. The maximum Gasteiger partial charge on any atom is 0.0847 e. The Morgan fingerprint density at radius 3 is 2.35 bits per heavy atom. The summed E-state index contributed by atoms with van der Waals surface area (Å²) in [5, 5.41) is 6.85. The highest BCUT2D eigenvalue weighted by Gasteiger charge is 2.17. The lowest BCUT2D eigenvalue weighted by Gasteiger charge is -2.15. The first kappa shape index (κ1) is 15.9. The van der Waals surface area contributed by atoms with Crippen molar-refractivity contribution < 1.29 is 0 Å². The summed E-state index contributed by atoms with van der Waals surface area (Å²) < 4.78 is 1.88. The third-order valence-electron chi connectivity index (χ3n) is 3.40. The number of nitrogens with zero attached hydrogens (tertiary/aromatic N) is 2. The summed E-state index contributed by atoms with van der Waals surface area (Å²) in [6.45, 7) is 1.94. The molecule has 5 heteroatoms. The summed E-state index contributed by atoms with van der Waals surface area (Å²) in [7, 11) is 1.95. The van der Waals surface area contributed by atoms with Crippen LogP contribution in [0.1, 0.15) is 17.0 Å². The van der Waals surface area contributed by atoms with Gasteiger partial charge in [-0.2, -0.15) is 5.10 Å². The van der Waals surface area contributed by atoms with Gasteiger partial charge in [0.2, 0.25) is 0 Å². The van der Waals surface area contributed by atoms with Crippen LogP contribution in [0.3, 0.4) is 0 Å². The maximum absolute atomic E-state index is 6.32. The highest BCUT2D eigenvalue weighted by Crippen LogP contribution is 2.25. The van der Waals surface area contributed by atoms with Crippen molar-refractivity contribution in [3.8, 4) is 0 Å². The molecule has 2 nitrogen and oxygen atoms in total. The van der Waals surface area contributed by atoms with Crippen molar-refractivity contribution >= 4 is 39.1 Å². The Bertz CT molecular complexity index is 578. The summed E-state index contributed by atoms with van der Waals surface area (Å²) in [5.74, 6) is 0.475. The van der Waals surface area contributed by atoms with Gasteiger partial charge in [-0.25, -0.2) is 0 Å². The molecule has 1 heterocycles. The van der Waals surface area contributed by atoms with Crippen LogP contribution in [0.25, 0.3) is 0 Å². The van der Waals surface area contributed by atoms with Crippen LogP contribution in [-0.2, 0) is 19.9 Å². The fourth-order valence-electron chi connectivity index (χ4n) is 2.31. The van der Waals surface area contributed by atoms with E-state index in [4.69, 9.17) is 23.2 Å². The molecule has 0 saturated carbocycles. The monoisotopic (exact) mass is 374 g/mol. The largest absolute Gasteiger partial charge is 0.271 e. The van der Waals surface area contributed by atoms with Crippen molar-refractivity contribution in [2.45, 2.75) is 19.8 Å². The lowest BCUT2D eigenvalue weighted by Crippen LogP contribution is -2.13. The lowest BCUT2D eigenvalue weighted by atomic mass is 9.96. The van der Waals surface area contributed by atoms with Crippen LogP contribution in [0.15, 0.2) is 24.3 Å². The predicted octanol–water partition coefficient (Wildman–Crippen LogP) is 4.83. The molecule has 1 atom stereocenters. The first-order valence-corrected chi connectivity index (χ1v) is 8.37. The Hall–Kier alpha value is -0.510. The molecule has 1 unspecified atom stereocenters. The van der Waals surface area contributed by atoms with E-state index in [-0.39, 0.29) is 0 Å². The summed E-state index contributed by atoms with van der Waals surface area (Å²) >= 11 is 15.8. The molecule has 0 spiro atoms. The number of benzene rings is 1. The van der Waals surface area contributed by atoms with Gasteiger partial charge in [0.05, 0.1) is 16.4 Å². The number of alkyl halides is 1. The Balaban J connectivity index is 2.11. The molecule has 0 radical (unpaired) electrons. The average Bonchev–Trinajstić information content (AvgIpc) is 2.66. The van der Waals surface area contributed by atoms with Gasteiger partial charge in [0.25, 0.3) is 0 Å². The first-order valence-electron chi connectivity index (χ1n) is 6.49. The van der Waals surface area contributed by atoms with Crippen LogP contribution in [0, 0.1) is 12.8 Å². The Morgan fingerprint density at radius 2 is 1.85 bits per heavy atom. The molecule has 2 aromatic rings. The molecule has 1 aromatic carbocycles. The molecule has 0 aliphatic heterocycles. The quantitative estimate of drug-likeness (QED) is 0.684. The first-order chi connectivity index (χ1) is 9.51. The number of halogens is 3. The summed E-state index contributed by atoms with van der Waals surface area (Å²) in [4.78, 5) is 0. The van der Waals surface area contributed by atoms with Crippen LogP contribution in [0.2, 0.25) is 10.0 Å². The molecule has 108 valence electrons.